The lowest BCUT2D eigenvalue weighted by atomic mass is 10.1. The fourth-order valence-corrected chi connectivity index (χ4v) is 2.11. The molecule has 0 amide bonds. The van der Waals surface area contributed by atoms with Crippen LogP contribution in [0.25, 0.3) is 0 Å². The van der Waals surface area contributed by atoms with Crippen LogP contribution < -0.4 is 5.32 Å². The van der Waals surface area contributed by atoms with Gasteiger partial charge in [-0.25, -0.2) is 0 Å². The molecule has 2 atom stereocenters. The first-order valence-corrected chi connectivity index (χ1v) is 6.11. The number of rotatable bonds is 5. The van der Waals surface area contributed by atoms with E-state index in [9.17, 15) is 0 Å². The summed E-state index contributed by atoms with van der Waals surface area (Å²) in [7, 11) is 2.16. The van der Waals surface area contributed by atoms with Gasteiger partial charge in [-0.1, -0.05) is 13.8 Å². The minimum absolute atomic E-state index is 0.373. The smallest absolute Gasteiger partial charge is 0.0826 e. The van der Waals surface area contributed by atoms with E-state index in [2.05, 4.69) is 38.0 Å². The monoisotopic (exact) mass is 214 g/mol. The van der Waals surface area contributed by atoms with Crippen molar-refractivity contribution in [3.8, 4) is 0 Å². The summed E-state index contributed by atoms with van der Waals surface area (Å²) in [5.41, 5.74) is 0. The molecule has 0 spiro atoms. The average Bonchev–Trinajstić information content (AvgIpc) is 2.14. The molecule has 1 fully saturated rings. The topological polar surface area (TPSA) is 24.5 Å². The molecule has 1 aliphatic heterocycles. The molecular weight excluding hydrogens is 188 g/mol. The van der Waals surface area contributed by atoms with Gasteiger partial charge in [0.2, 0.25) is 0 Å². The van der Waals surface area contributed by atoms with Gasteiger partial charge < -0.3 is 15.0 Å². The summed E-state index contributed by atoms with van der Waals surface area (Å²) >= 11 is 0. The van der Waals surface area contributed by atoms with E-state index >= 15 is 0 Å². The van der Waals surface area contributed by atoms with Crippen molar-refractivity contribution in [2.75, 3.05) is 33.3 Å². The van der Waals surface area contributed by atoms with E-state index in [0.717, 1.165) is 32.2 Å². The highest BCUT2D eigenvalue weighted by atomic mass is 16.5. The SMILES string of the molecule is CC(C)C[C@@H](C)NC[C@@H]1CN(C)CCO1. The number of hydrogen-bond acceptors (Lipinski definition) is 3. The van der Waals surface area contributed by atoms with Crippen LogP contribution in [0.4, 0.5) is 0 Å². The molecule has 1 rings (SSSR count). The maximum atomic E-state index is 5.70. The zero-order valence-electron chi connectivity index (χ0n) is 10.6. The summed E-state index contributed by atoms with van der Waals surface area (Å²) in [6.07, 6.45) is 1.61. The lowest BCUT2D eigenvalue weighted by Gasteiger charge is -2.31. The van der Waals surface area contributed by atoms with Crippen LogP contribution in [-0.2, 0) is 4.74 Å². The third kappa shape index (κ3) is 5.50. The van der Waals surface area contributed by atoms with E-state index < -0.39 is 0 Å². The van der Waals surface area contributed by atoms with E-state index in [4.69, 9.17) is 4.74 Å². The van der Waals surface area contributed by atoms with E-state index in [1.165, 1.54) is 6.42 Å². The highest BCUT2D eigenvalue weighted by Gasteiger charge is 2.17. The van der Waals surface area contributed by atoms with Crippen LogP contribution in [0.5, 0.6) is 0 Å². The van der Waals surface area contributed by atoms with Crippen LogP contribution in [0.2, 0.25) is 0 Å². The Labute approximate surface area is 94.2 Å². The molecule has 0 aromatic rings. The molecule has 1 heterocycles. The van der Waals surface area contributed by atoms with Gasteiger partial charge in [0.05, 0.1) is 12.7 Å². The number of hydrogen-bond donors (Lipinski definition) is 1. The zero-order valence-corrected chi connectivity index (χ0v) is 10.6. The van der Waals surface area contributed by atoms with Crippen molar-refractivity contribution in [2.24, 2.45) is 5.92 Å². The van der Waals surface area contributed by atoms with Crippen molar-refractivity contribution in [1.29, 1.82) is 0 Å². The van der Waals surface area contributed by atoms with Gasteiger partial charge in [0, 0.05) is 25.7 Å². The molecule has 0 saturated carbocycles. The molecule has 15 heavy (non-hydrogen) atoms. The van der Waals surface area contributed by atoms with Crippen LogP contribution >= 0.6 is 0 Å². The van der Waals surface area contributed by atoms with Crippen molar-refractivity contribution in [3.63, 3.8) is 0 Å². The average molecular weight is 214 g/mol. The lowest BCUT2D eigenvalue weighted by molar-refractivity contribution is -0.0192. The summed E-state index contributed by atoms with van der Waals surface area (Å²) in [6.45, 7) is 10.8. The summed E-state index contributed by atoms with van der Waals surface area (Å²) < 4.78 is 5.70. The standard InChI is InChI=1S/C12H26N2O/c1-10(2)7-11(3)13-8-12-9-14(4)5-6-15-12/h10-13H,5-9H2,1-4H3/t11-,12-/m1/s1. The maximum absolute atomic E-state index is 5.70. The van der Waals surface area contributed by atoms with Crippen molar-refractivity contribution in [3.05, 3.63) is 0 Å². The first-order chi connectivity index (χ1) is 7.08. The molecule has 0 radical (unpaired) electrons. The number of likely N-dealkylation sites (N-methyl/N-ethyl adjacent to an activating group) is 1. The predicted octanol–water partition coefficient (Wildman–Crippen LogP) is 1.34. The van der Waals surface area contributed by atoms with Gasteiger partial charge in [0.25, 0.3) is 0 Å². The van der Waals surface area contributed by atoms with Crippen molar-refractivity contribution in [1.82, 2.24) is 10.2 Å². The van der Waals surface area contributed by atoms with Crippen LogP contribution in [0.3, 0.4) is 0 Å². The quantitative estimate of drug-likeness (QED) is 0.747. The summed E-state index contributed by atoms with van der Waals surface area (Å²) in [4.78, 5) is 2.34. The van der Waals surface area contributed by atoms with Crippen LogP contribution in [0, 0.1) is 5.92 Å². The number of nitrogens with zero attached hydrogens (tertiary/aromatic N) is 1. The summed E-state index contributed by atoms with van der Waals surface area (Å²) in [6, 6.07) is 0.598. The van der Waals surface area contributed by atoms with Gasteiger partial charge in [-0.15, -0.1) is 0 Å². The second-order valence-electron chi connectivity index (χ2n) is 5.19. The minimum Gasteiger partial charge on any atom is -0.374 e. The second-order valence-corrected chi connectivity index (χ2v) is 5.19. The molecule has 1 N–H and O–H groups in total. The Hall–Kier alpha value is -0.120. The lowest BCUT2D eigenvalue weighted by Crippen LogP contribution is -2.46. The molecule has 0 aliphatic carbocycles. The van der Waals surface area contributed by atoms with Gasteiger partial charge in [0.1, 0.15) is 0 Å². The highest BCUT2D eigenvalue weighted by molar-refractivity contribution is 4.73. The first kappa shape index (κ1) is 12.9. The van der Waals surface area contributed by atoms with Crippen molar-refractivity contribution in [2.45, 2.75) is 39.3 Å². The molecule has 0 unspecified atom stereocenters. The summed E-state index contributed by atoms with van der Waals surface area (Å²) in [5.74, 6) is 0.766. The van der Waals surface area contributed by atoms with Crippen LogP contribution in [0.15, 0.2) is 0 Å². The predicted molar refractivity (Wildman–Crippen MR) is 64.2 cm³/mol. The number of nitrogens with one attached hydrogen (secondary N) is 1. The molecule has 0 aromatic heterocycles. The Bertz CT molecular complexity index is 173. The molecule has 3 heteroatoms. The van der Waals surface area contributed by atoms with Gasteiger partial charge in [0.15, 0.2) is 0 Å². The molecule has 90 valence electrons. The van der Waals surface area contributed by atoms with Gasteiger partial charge in [-0.3, -0.25) is 0 Å². The van der Waals surface area contributed by atoms with Gasteiger partial charge in [-0.05, 0) is 26.3 Å². The van der Waals surface area contributed by atoms with E-state index in [1.807, 2.05) is 0 Å². The normalized spacial score (nSPS) is 25.8. The third-order valence-corrected chi connectivity index (χ3v) is 2.86. The molecule has 1 saturated heterocycles. The molecule has 3 nitrogen and oxygen atoms in total. The Balaban J connectivity index is 2.13. The fourth-order valence-electron chi connectivity index (χ4n) is 2.11. The van der Waals surface area contributed by atoms with Crippen LogP contribution in [-0.4, -0.2) is 50.3 Å². The molecule has 0 bridgehead atoms. The van der Waals surface area contributed by atoms with Gasteiger partial charge >= 0.3 is 0 Å². The van der Waals surface area contributed by atoms with Crippen molar-refractivity contribution >= 4 is 0 Å². The van der Waals surface area contributed by atoms with Crippen molar-refractivity contribution < 1.29 is 4.74 Å². The van der Waals surface area contributed by atoms with E-state index in [1.54, 1.807) is 0 Å². The highest BCUT2D eigenvalue weighted by Crippen LogP contribution is 2.05. The second kappa shape index (κ2) is 6.46. The zero-order chi connectivity index (χ0) is 11.3. The van der Waals surface area contributed by atoms with Crippen LogP contribution in [0.1, 0.15) is 27.2 Å². The Kier molecular flexibility index (Phi) is 5.58. The largest absolute Gasteiger partial charge is 0.374 e. The fraction of sp³-hybridized carbons (Fsp3) is 1.00. The Morgan fingerprint density at radius 1 is 1.40 bits per heavy atom. The van der Waals surface area contributed by atoms with Gasteiger partial charge in [-0.2, -0.15) is 0 Å². The number of ether oxygens (including phenoxy) is 1. The summed E-state index contributed by atoms with van der Waals surface area (Å²) in [5, 5.41) is 3.55. The number of morpholine rings is 1. The van der Waals surface area contributed by atoms with E-state index in [0.29, 0.717) is 12.1 Å². The third-order valence-electron chi connectivity index (χ3n) is 2.86. The Morgan fingerprint density at radius 3 is 2.73 bits per heavy atom. The minimum atomic E-state index is 0.373. The molecular formula is C12H26N2O. The Morgan fingerprint density at radius 2 is 2.13 bits per heavy atom. The molecule has 0 aromatic carbocycles. The first-order valence-electron chi connectivity index (χ1n) is 6.11. The van der Waals surface area contributed by atoms with E-state index in [-0.39, 0.29) is 0 Å². The molecule has 1 aliphatic rings. The maximum Gasteiger partial charge on any atom is 0.0826 e.